The number of pyridine rings is 1. The summed E-state index contributed by atoms with van der Waals surface area (Å²) in [6.07, 6.45) is 3.18. The van der Waals surface area contributed by atoms with Crippen LogP contribution in [-0.4, -0.2) is 59.0 Å². The highest BCUT2D eigenvalue weighted by Crippen LogP contribution is 2.34. The van der Waals surface area contributed by atoms with Crippen LogP contribution in [0.25, 0.3) is 11.0 Å². The average Bonchev–Trinajstić information content (AvgIpc) is 3.25. The van der Waals surface area contributed by atoms with Gasteiger partial charge in [-0.05, 0) is 55.4 Å². The van der Waals surface area contributed by atoms with E-state index in [0.29, 0.717) is 27.5 Å². The molecule has 1 aliphatic heterocycles. The van der Waals surface area contributed by atoms with E-state index in [2.05, 4.69) is 37.4 Å². The Balaban J connectivity index is 1.20. The Labute approximate surface area is 219 Å². The molecule has 1 saturated heterocycles. The van der Waals surface area contributed by atoms with Gasteiger partial charge in [-0.15, -0.1) is 0 Å². The Morgan fingerprint density at radius 2 is 1.95 bits per heavy atom. The summed E-state index contributed by atoms with van der Waals surface area (Å²) in [5.74, 6) is 0.0807. The van der Waals surface area contributed by atoms with Crippen LogP contribution in [-0.2, 0) is 6.54 Å². The number of aromatic nitrogens is 2. The first kappa shape index (κ1) is 25.0. The molecule has 37 heavy (non-hydrogen) atoms. The molecule has 1 aliphatic rings. The van der Waals surface area contributed by atoms with Crippen molar-refractivity contribution in [3.8, 4) is 11.5 Å². The monoisotopic (exact) mass is 522 g/mol. The van der Waals surface area contributed by atoms with Crippen molar-refractivity contribution in [2.24, 2.45) is 0 Å². The minimum absolute atomic E-state index is 0.0350. The van der Waals surface area contributed by atoms with Gasteiger partial charge in [0, 0.05) is 56.9 Å². The molecular weight excluding hydrogens is 495 g/mol. The van der Waals surface area contributed by atoms with Crippen LogP contribution in [0.5, 0.6) is 11.5 Å². The second-order valence-corrected chi connectivity index (χ2v) is 9.62. The van der Waals surface area contributed by atoms with Gasteiger partial charge in [0.2, 0.25) is 0 Å². The molecule has 0 spiro atoms. The maximum absolute atomic E-state index is 14.8. The lowest BCUT2D eigenvalue weighted by molar-refractivity contribution is 0.148. The van der Waals surface area contributed by atoms with E-state index in [0.717, 1.165) is 38.3 Å². The highest BCUT2D eigenvalue weighted by Gasteiger charge is 2.16. The van der Waals surface area contributed by atoms with E-state index in [1.807, 2.05) is 25.1 Å². The first-order chi connectivity index (χ1) is 17.9. The molecule has 192 valence electrons. The summed E-state index contributed by atoms with van der Waals surface area (Å²) in [5.41, 5.74) is 3.57. The maximum atomic E-state index is 14.8. The summed E-state index contributed by atoms with van der Waals surface area (Å²) in [7, 11) is 2.14. The number of H-pyrrole nitrogens is 1. The van der Waals surface area contributed by atoms with Gasteiger partial charge >= 0.3 is 6.03 Å². The highest BCUT2D eigenvalue weighted by molar-refractivity contribution is 6.36. The van der Waals surface area contributed by atoms with Gasteiger partial charge < -0.3 is 25.3 Å². The van der Waals surface area contributed by atoms with Crippen LogP contribution in [0.15, 0.2) is 54.9 Å². The summed E-state index contributed by atoms with van der Waals surface area (Å²) in [4.78, 5) is 24.4. The molecular formula is C27H28ClFN6O2. The van der Waals surface area contributed by atoms with Gasteiger partial charge in [-0.3, -0.25) is 4.90 Å². The number of benzene rings is 2. The van der Waals surface area contributed by atoms with E-state index in [1.165, 1.54) is 17.7 Å². The third-order valence-corrected chi connectivity index (χ3v) is 6.79. The molecule has 2 aromatic heterocycles. The Hall–Kier alpha value is -3.66. The molecule has 0 bridgehead atoms. The molecule has 0 radical (unpaired) electrons. The van der Waals surface area contributed by atoms with Gasteiger partial charge in [0.25, 0.3) is 0 Å². The Morgan fingerprint density at radius 1 is 1.14 bits per heavy atom. The van der Waals surface area contributed by atoms with Gasteiger partial charge in [-0.25, -0.2) is 14.2 Å². The van der Waals surface area contributed by atoms with Crippen LogP contribution in [0, 0.1) is 12.7 Å². The maximum Gasteiger partial charge on any atom is 0.323 e. The highest BCUT2D eigenvalue weighted by atomic mass is 35.5. The van der Waals surface area contributed by atoms with Crippen molar-refractivity contribution < 1.29 is 13.9 Å². The smallest absolute Gasteiger partial charge is 0.323 e. The van der Waals surface area contributed by atoms with E-state index in [1.54, 1.807) is 24.5 Å². The number of halogens is 2. The lowest BCUT2D eigenvalue weighted by Crippen LogP contribution is -2.43. The molecule has 0 atom stereocenters. The predicted octanol–water partition coefficient (Wildman–Crippen LogP) is 5.85. The molecule has 3 heterocycles. The van der Waals surface area contributed by atoms with E-state index in [9.17, 15) is 9.18 Å². The number of carbonyl (C=O) groups excluding carboxylic acids is 1. The number of urea groups is 1. The molecule has 10 heteroatoms. The van der Waals surface area contributed by atoms with Crippen molar-refractivity contribution in [1.82, 2.24) is 19.8 Å². The molecule has 0 saturated carbocycles. The van der Waals surface area contributed by atoms with Gasteiger partial charge in [0.1, 0.15) is 23.0 Å². The topological polar surface area (TPSA) is 85.5 Å². The molecule has 1 fully saturated rings. The standard InChI is InChI=1S/C27H28ClFN6O2/c1-17-13-19(4-3-18(17)16-35-11-9-34(2)10-12-35)32-27(36)33-23-6-5-20(14-22(23)29)37-24-7-8-30-26-25(24)21(28)15-31-26/h3-8,13-15H,9-12,16H2,1-2H3,(H,30,31)(H2,32,33,36). The molecule has 3 N–H and O–H groups in total. The number of amides is 2. The number of rotatable bonds is 6. The quantitative estimate of drug-likeness (QED) is 0.296. The second-order valence-electron chi connectivity index (χ2n) is 9.21. The van der Waals surface area contributed by atoms with Crippen LogP contribution in [0.2, 0.25) is 5.02 Å². The van der Waals surface area contributed by atoms with Crippen molar-refractivity contribution in [3.05, 3.63) is 76.8 Å². The number of aromatic amines is 1. The summed E-state index contributed by atoms with van der Waals surface area (Å²) in [6, 6.07) is 11.2. The zero-order valence-corrected chi connectivity index (χ0v) is 21.4. The summed E-state index contributed by atoms with van der Waals surface area (Å²) < 4.78 is 20.6. The van der Waals surface area contributed by atoms with Crippen molar-refractivity contribution >= 4 is 40.0 Å². The van der Waals surface area contributed by atoms with Crippen molar-refractivity contribution in [1.29, 1.82) is 0 Å². The number of aryl methyl sites for hydroxylation is 1. The van der Waals surface area contributed by atoms with Gasteiger partial charge in [-0.2, -0.15) is 0 Å². The number of nitrogens with one attached hydrogen (secondary N) is 3. The Kier molecular flexibility index (Phi) is 7.27. The van der Waals surface area contributed by atoms with Crippen LogP contribution in [0.3, 0.4) is 0 Å². The molecule has 4 aromatic rings. The average molecular weight is 523 g/mol. The fraction of sp³-hybridized carbons (Fsp3) is 0.259. The SMILES string of the molecule is Cc1cc(NC(=O)Nc2ccc(Oc3ccnc4[nH]cc(Cl)c34)cc2F)ccc1CN1CCN(C)CC1. The lowest BCUT2D eigenvalue weighted by atomic mass is 10.1. The number of piperazine rings is 1. The minimum atomic E-state index is -0.628. The molecule has 2 amide bonds. The number of nitrogens with zero attached hydrogens (tertiary/aromatic N) is 3. The van der Waals surface area contributed by atoms with Gasteiger partial charge in [0.15, 0.2) is 0 Å². The number of hydrogen-bond acceptors (Lipinski definition) is 5. The molecule has 2 aromatic carbocycles. The van der Waals surface area contributed by atoms with Crippen molar-refractivity contribution in [2.75, 3.05) is 43.9 Å². The molecule has 5 rings (SSSR count). The minimum Gasteiger partial charge on any atom is -0.456 e. The van der Waals surface area contributed by atoms with Crippen molar-refractivity contribution in [3.63, 3.8) is 0 Å². The first-order valence-corrected chi connectivity index (χ1v) is 12.4. The Bertz CT molecular complexity index is 1430. The molecule has 0 unspecified atom stereocenters. The zero-order valence-electron chi connectivity index (χ0n) is 20.6. The van der Waals surface area contributed by atoms with Gasteiger partial charge in [0.05, 0.1) is 16.1 Å². The van der Waals surface area contributed by atoms with E-state index in [-0.39, 0.29) is 11.4 Å². The largest absolute Gasteiger partial charge is 0.456 e. The second kappa shape index (κ2) is 10.8. The summed E-state index contributed by atoms with van der Waals surface area (Å²) >= 11 is 6.21. The van der Waals surface area contributed by atoms with E-state index in [4.69, 9.17) is 16.3 Å². The normalized spacial score (nSPS) is 14.6. The molecule has 8 nitrogen and oxygen atoms in total. The lowest BCUT2D eigenvalue weighted by Gasteiger charge is -2.32. The first-order valence-electron chi connectivity index (χ1n) is 12.0. The van der Waals surface area contributed by atoms with Crippen LogP contribution in [0.4, 0.5) is 20.6 Å². The van der Waals surface area contributed by atoms with Crippen LogP contribution in [0.1, 0.15) is 11.1 Å². The third kappa shape index (κ3) is 5.85. The number of fused-ring (bicyclic) bond motifs is 1. The predicted molar refractivity (Wildman–Crippen MR) is 144 cm³/mol. The fourth-order valence-electron chi connectivity index (χ4n) is 4.34. The number of carbonyl (C=O) groups is 1. The fourth-order valence-corrected chi connectivity index (χ4v) is 4.58. The van der Waals surface area contributed by atoms with Gasteiger partial charge in [-0.1, -0.05) is 17.7 Å². The van der Waals surface area contributed by atoms with Crippen LogP contribution < -0.4 is 15.4 Å². The van der Waals surface area contributed by atoms with Crippen LogP contribution >= 0.6 is 11.6 Å². The number of ether oxygens (including phenoxy) is 1. The van der Waals surface area contributed by atoms with E-state index < -0.39 is 11.8 Å². The number of anilines is 2. The number of likely N-dealkylation sites (N-methyl/N-ethyl adjacent to an activating group) is 1. The Morgan fingerprint density at radius 3 is 2.70 bits per heavy atom. The third-order valence-electron chi connectivity index (χ3n) is 6.49. The summed E-state index contributed by atoms with van der Waals surface area (Å²) in [6.45, 7) is 7.13. The number of hydrogen-bond donors (Lipinski definition) is 3. The van der Waals surface area contributed by atoms with E-state index >= 15 is 0 Å². The van der Waals surface area contributed by atoms with Crippen molar-refractivity contribution in [2.45, 2.75) is 13.5 Å². The molecule has 0 aliphatic carbocycles. The summed E-state index contributed by atoms with van der Waals surface area (Å²) in [5, 5.41) is 6.40. The zero-order chi connectivity index (χ0) is 25.9.